The molecule has 1 amide bonds. The lowest BCUT2D eigenvalue weighted by Crippen LogP contribution is -2.22. The van der Waals surface area contributed by atoms with Crippen molar-refractivity contribution in [1.29, 1.82) is 0 Å². The Morgan fingerprint density at radius 3 is 2.76 bits per heavy atom. The van der Waals surface area contributed by atoms with Crippen LogP contribution in [0.5, 0.6) is 0 Å². The van der Waals surface area contributed by atoms with Crippen molar-refractivity contribution in [2.75, 3.05) is 29.1 Å². The number of alkyl halides is 3. The molecule has 0 atom stereocenters. The van der Waals surface area contributed by atoms with Crippen LogP contribution in [0.15, 0.2) is 41.0 Å². The van der Waals surface area contributed by atoms with E-state index in [2.05, 4.69) is 15.3 Å². The second-order valence-corrected chi connectivity index (χ2v) is 8.44. The third kappa shape index (κ3) is 4.48. The molecular formula is C19H17F3N4OS2. The van der Waals surface area contributed by atoms with Crippen molar-refractivity contribution < 1.29 is 18.0 Å². The summed E-state index contributed by atoms with van der Waals surface area (Å²) in [5, 5.41) is 6.11. The number of fused-ring (bicyclic) bond motifs is 1. The molecule has 1 fully saturated rings. The Morgan fingerprint density at radius 1 is 1.21 bits per heavy atom. The van der Waals surface area contributed by atoms with E-state index in [1.54, 1.807) is 0 Å². The SMILES string of the molecule is O=C(CSc1ncnc2sccc12)Nc1cc(C(F)(F)F)ccc1N1CCCC1. The van der Waals surface area contributed by atoms with Crippen LogP contribution >= 0.6 is 23.1 Å². The maximum absolute atomic E-state index is 13.2. The summed E-state index contributed by atoms with van der Waals surface area (Å²) in [7, 11) is 0. The molecule has 1 aliphatic rings. The minimum absolute atomic E-state index is 0.0393. The number of aromatic nitrogens is 2. The van der Waals surface area contributed by atoms with E-state index in [-0.39, 0.29) is 17.3 Å². The number of nitrogens with zero attached hydrogens (tertiary/aromatic N) is 3. The summed E-state index contributed by atoms with van der Waals surface area (Å²) < 4.78 is 39.5. The highest BCUT2D eigenvalue weighted by molar-refractivity contribution is 8.00. The summed E-state index contributed by atoms with van der Waals surface area (Å²) >= 11 is 2.72. The number of carbonyl (C=O) groups is 1. The third-order valence-electron chi connectivity index (χ3n) is 4.61. The molecule has 10 heteroatoms. The Balaban J connectivity index is 1.52. The average molecular weight is 439 g/mol. The van der Waals surface area contributed by atoms with E-state index in [0.717, 1.165) is 48.3 Å². The minimum Gasteiger partial charge on any atom is -0.370 e. The second-order valence-electron chi connectivity index (χ2n) is 6.58. The molecule has 0 saturated carbocycles. The highest BCUT2D eigenvalue weighted by Crippen LogP contribution is 2.37. The number of hydrogen-bond acceptors (Lipinski definition) is 6. The topological polar surface area (TPSA) is 58.1 Å². The van der Waals surface area contributed by atoms with Crippen molar-refractivity contribution in [2.45, 2.75) is 24.0 Å². The maximum Gasteiger partial charge on any atom is 0.416 e. The molecular weight excluding hydrogens is 421 g/mol. The van der Waals surface area contributed by atoms with E-state index in [1.165, 1.54) is 35.5 Å². The molecule has 3 heterocycles. The Hall–Kier alpha value is -2.33. The van der Waals surface area contributed by atoms with Crippen molar-refractivity contribution in [3.8, 4) is 0 Å². The first-order valence-electron chi connectivity index (χ1n) is 8.99. The predicted octanol–water partition coefficient (Wildman–Crippen LogP) is 5.04. The Labute approximate surface area is 173 Å². The van der Waals surface area contributed by atoms with Crippen molar-refractivity contribution in [3.63, 3.8) is 0 Å². The van der Waals surface area contributed by atoms with Crippen LogP contribution in [0.4, 0.5) is 24.5 Å². The fourth-order valence-corrected chi connectivity index (χ4v) is 4.83. The van der Waals surface area contributed by atoms with Gasteiger partial charge < -0.3 is 10.2 Å². The molecule has 1 aliphatic heterocycles. The number of benzene rings is 1. The van der Waals surface area contributed by atoms with Gasteiger partial charge in [-0.2, -0.15) is 13.2 Å². The number of rotatable bonds is 5. The molecule has 0 unspecified atom stereocenters. The van der Waals surface area contributed by atoms with Gasteiger partial charge in [0.1, 0.15) is 16.2 Å². The van der Waals surface area contributed by atoms with Gasteiger partial charge in [0.25, 0.3) is 0 Å². The van der Waals surface area contributed by atoms with Crippen LogP contribution < -0.4 is 10.2 Å². The maximum atomic E-state index is 13.2. The quantitative estimate of drug-likeness (QED) is 0.447. The largest absolute Gasteiger partial charge is 0.416 e. The van der Waals surface area contributed by atoms with Crippen LogP contribution in [0.25, 0.3) is 10.2 Å². The molecule has 1 aromatic carbocycles. The van der Waals surface area contributed by atoms with E-state index in [4.69, 9.17) is 0 Å². The van der Waals surface area contributed by atoms with Crippen LogP contribution in [0, 0.1) is 0 Å². The number of carbonyl (C=O) groups excluding carboxylic acids is 1. The molecule has 3 aromatic rings. The van der Waals surface area contributed by atoms with Crippen molar-refractivity contribution >= 4 is 50.6 Å². The van der Waals surface area contributed by atoms with Gasteiger partial charge in [0.2, 0.25) is 5.91 Å². The lowest BCUT2D eigenvalue weighted by atomic mass is 10.1. The standard InChI is InChI=1S/C19H17F3N4OS2/c20-19(21,22)12-3-4-15(26-6-1-2-7-26)14(9-12)25-16(27)10-29-18-13-5-8-28-17(13)23-11-24-18/h3-5,8-9,11H,1-2,6-7,10H2,(H,25,27). The Bertz CT molecular complexity index is 1030. The van der Waals surface area contributed by atoms with E-state index >= 15 is 0 Å². The minimum atomic E-state index is -4.47. The van der Waals surface area contributed by atoms with E-state index in [0.29, 0.717) is 10.7 Å². The van der Waals surface area contributed by atoms with Gasteiger partial charge in [-0.25, -0.2) is 9.97 Å². The summed E-state index contributed by atoms with van der Waals surface area (Å²) in [6.45, 7) is 1.53. The predicted molar refractivity (Wildman–Crippen MR) is 110 cm³/mol. The zero-order valence-electron chi connectivity index (χ0n) is 15.2. The zero-order chi connectivity index (χ0) is 20.4. The average Bonchev–Trinajstić information content (AvgIpc) is 3.37. The molecule has 4 rings (SSSR count). The summed E-state index contributed by atoms with van der Waals surface area (Å²) in [6.07, 6.45) is -1.07. The molecule has 0 spiro atoms. The van der Waals surface area contributed by atoms with Crippen LogP contribution in [-0.4, -0.2) is 34.7 Å². The van der Waals surface area contributed by atoms with Gasteiger partial charge in [-0.1, -0.05) is 11.8 Å². The molecule has 0 bridgehead atoms. The van der Waals surface area contributed by atoms with Gasteiger partial charge in [0, 0.05) is 18.5 Å². The summed E-state index contributed by atoms with van der Waals surface area (Å²) in [5.41, 5.74) is 0.0333. The first-order chi connectivity index (χ1) is 13.9. The normalized spacial score (nSPS) is 14.5. The van der Waals surface area contributed by atoms with Gasteiger partial charge >= 0.3 is 6.18 Å². The Morgan fingerprint density at radius 2 is 2.00 bits per heavy atom. The summed E-state index contributed by atoms with van der Waals surface area (Å²) in [5.74, 6) is -0.339. The highest BCUT2D eigenvalue weighted by Gasteiger charge is 2.32. The first kappa shape index (κ1) is 20.0. The highest BCUT2D eigenvalue weighted by atomic mass is 32.2. The lowest BCUT2D eigenvalue weighted by Gasteiger charge is -2.23. The van der Waals surface area contributed by atoms with Gasteiger partial charge in [0.15, 0.2) is 0 Å². The molecule has 1 saturated heterocycles. The number of nitrogens with one attached hydrogen (secondary N) is 1. The van der Waals surface area contributed by atoms with Gasteiger partial charge in [0.05, 0.1) is 22.7 Å². The van der Waals surface area contributed by atoms with Crippen LogP contribution in [-0.2, 0) is 11.0 Å². The van der Waals surface area contributed by atoms with Crippen molar-refractivity contribution in [3.05, 3.63) is 41.5 Å². The molecule has 0 aliphatic carbocycles. The molecule has 29 heavy (non-hydrogen) atoms. The smallest absolute Gasteiger partial charge is 0.370 e. The van der Waals surface area contributed by atoms with E-state index < -0.39 is 11.7 Å². The number of thiophene rings is 1. The zero-order valence-corrected chi connectivity index (χ0v) is 16.8. The van der Waals surface area contributed by atoms with Gasteiger partial charge in [-0.05, 0) is 42.5 Å². The van der Waals surface area contributed by atoms with E-state index in [1.807, 2.05) is 16.3 Å². The molecule has 1 N–H and O–H groups in total. The van der Waals surface area contributed by atoms with Crippen LogP contribution in [0.3, 0.4) is 0 Å². The monoisotopic (exact) mass is 438 g/mol. The van der Waals surface area contributed by atoms with Gasteiger partial charge in [-0.15, -0.1) is 11.3 Å². The summed E-state index contributed by atoms with van der Waals surface area (Å²) in [6, 6.07) is 5.40. The number of halogens is 3. The molecule has 5 nitrogen and oxygen atoms in total. The lowest BCUT2D eigenvalue weighted by molar-refractivity contribution is -0.137. The number of thioether (sulfide) groups is 1. The van der Waals surface area contributed by atoms with E-state index in [9.17, 15) is 18.0 Å². The molecule has 2 aromatic heterocycles. The summed E-state index contributed by atoms with van der Waals surface area (Å²) in [4.78, 5) is 23.7. The number of anilines is 2. The fourth-order valence-electron chi connectivity index (χ4n) is 3.25. The first-order valence-corrected chi connectivity index (χ1v) is 10.9. The third-order valence-corrected chi connectivity index (χ3v) is 6.44. The van der Waals surface area contributed by atoms with Crippen LogP contribution in [0.2, 0.25) is 0 Å². The van der Waals surface area contributed by atoms with Crippen LogP contribution in [0.1, 0.15) is 18.4 Å². The number of amides is 1. The molecule has 0 radical (unpaired) electrons. The Kier molecular flexibility index (Phi) is 5.64. The fraction of sp³-hybridized carbons (Fsp3) is 0.316. The van der Waals surface area contributed by atoms with Crippen molar-refractivity contribution in [2.24, 2.45) is 0 Å². The van der Waals surface area contributed by atoms with Gasteiger partial charge in [-0.3, -0.25) is 4.79 Å². The molecule has 152 valence electrons. The number of hydrogen-bond donors (Lipinski definition) is 1. The second kappa shape index (κ2) is 8.19. The van der Waals surface area contributed by atoms with Crippen molar-refractivity contribution in [1.82, 2.24) is 9.97 Å².